The third kappa shape index (κ3) is 12.0. The molecule has 0 aliphatic heterocycles. The van der Waals surface area contributed by atoms with E-state index < -0.39 is 0 Å². The SMILES string of the molecule is C#C.C=C/C(=C\C)C(=O)/C=C/c1cc(-c2cc(CCC)c(OC)c(OC)c2)n[nH]1.CC.CC.CC. The highest BCUT2D eigenvalue weighted by atomic mass is 16.5. The number of aromatic amines is 1. The molecule has 0 saturated heterocycles. The first-order valence-corrected chi connectivity index (χ1v) is 12.2. The Morgan fingerprint density at radius 1 is 1.06 bits per heavy atom. The number of benzene rings is 1. The molecule has 1 N–H and O–H groups in total. The molecule has 5 heteroatoms. The average molecular weight is 483 g/mol. The first-order chi connectivity index (χ1) is 17.1. The summed E-state index contributed by atoms with van der Waals surface area (Å²) < 4.78 is 11.0. The lowest BCUT2D eigenvalue weighted by atomic mass is 10.0. The van der Waals surface area contributed by atoms with Gasteiger partial charge in [0.25, 0.3) is 0 Å². The Morgan fingerprint density at radius 2 is 1.66 bits per heavy atom. The third-order valence-electron chi connectivity index (χ3n) is 4.20. The van der Waals surface area contributed by atoms with Crippen molar-refractivity contribution < 1.29 is 14.3 Å². The van der Waals surface area contributed by atoms with Gasteiger partial charge in [-0.15, -0.1) is 12.8 Å². The summed E-state index contributed by atoms with van der Waals surface area (Å²) in [5.74, 6) is 1.34. The number of rotatable bonds is 9. The van der Waals surface area contributed by atoms with Crippen molar-refractivity contribution in [2.75, 3.05) is 14.2 Å². The summed E-state index contributed by atoms with van der Waals surface area (Å²) in [6, 6.07) is 5.86. The van der Waals surface area contributed by atoms with Crippen molar-refractivity contribution in [2.24, 2.45) is 0 Å². The number of nitrogens with one attached hydrogen (secondary N) is 1. The van der Waals surface area contributed by atoms with Crippen LogP contribution in [0.4, 0.5) is 0 Å². The zero-order valence-corrected chi connectivity index (χ0v) is 23.5. The molecule has 2 aromatic rings. The summed E-state index contributed by atoms with van der Waals surface area (Å²) in [7, 11) is 3.27. The Balaban J connectivity index is -0.00000116. The molecule has 0 aliphatic rings. The normalized spacial score (nSPS) is 9.54. The van der Waals surface area contributed by atoms with E-state index in [0.717, 1.165) is 41.1 Å². The van der Waals surface area contributed by atoms with E-state index in [4.69, 9.17) is 9.47 Å². The summed E-state index contributed by atoms with van der Waals surface area (Å²) in [4.78, 5) is 12.0. The number of terminal acetylenes is 1. The fourth-order valence-electron chi connectivity index (χ4n) is 2.84. The number of nitrogens with zero attached hydrogens (tertiary/aromatic N) is 1. The van der Waals surface area contributed by atoms with Crippen LogP contribution in [-0.2, 0) is 11.2 Å². The Hall–Kier alpha value is -3.52. The molecular weight excluding hydrogens is 436 g/mol. The summed E-state index contributed by atoms with van der Waals surface area (Å²) in [5, 5.41) is 7.31. The van der Waals surface area contributed by atoms with Gasteiger partial charge in [-0.05, 0) is 49.3 Å². The van der Waals surface area contributed by atoms with Gasteiger partial charge in [0, 0.05) is 11.1 Å². The van der Waals surface area contributed by atoms with E-state index in [-0.39, 0.29) is 5.78 Å². The molecule has 1 aromatic heterocycles. The van der Waals surface area contributed by atoms with Crippen LogP contribution in [0.3, 0.4) is 0 Å². The van der Waals surface area contributed by atoms with Crippen LogP contribution < -0.4 is 9.47 Å². The second-order valence-electron chi connectivity index (χ2n) is 5.98. The van der Waals surface area contributed by atoms with Gasteiger partial charge in [-0.2, -0.15) is 5.10 Å². The second kappa shape index (κ2) is 23.6. The molecule has 0 radical (unpaired) electrons. The second-order valence-corrected chi connectivity index (χ2v) is 5.98. The van der Waals surface area contributed by atoms with Crippen LogP contribution in [0.25, 0.3) is 17.3 Å². The van der Waals surface area contributed by atoms with Gasteiger partial charge >= 0.3 is 0 Å². The number of ketones is 1. The summed E-state index contributed by atoms with van der Waals surface area (Å²) >= 11 is 0. The van der Waals surface area contributed by atoms with Crippen molar-refractivity contribution in [2.45, 2.75) is 68.2 Å². The topological polar surface area (TPSA) is 64.2 Å². The van der Waals surface area contributed by atoms with E-state index in [0.29, 0.717) is 11.3 Å². The summed E-state index contributed by atoms with van der Waals surface area (Å²) in [6.07, 6.45) is 16.4. The lowest BCUT2D eigenvalue weighted by Gasteiger charge is -2.14. The van der Waals surface area contributed by atoms with Crippen molar-refractivity contribution in [1.29, 1.82) is 0 Å². The Bertz CT molecular complexity index is 919. The van der Waals surface area contributed by atoms with E-state index in [1.165, 1.54) is 6.08 Å². The van der Waals surface area contributed by atoms with Crippen LogP contribution in [-0.4, -0.2) is 30.2 Å². The first-order valence-electron chi connectivity index (χ1n) is 12.2. The number of aromatic nitrogens is 2. The number of ether oxygens (including phenoxy) is 2. The standard InChI is InChI=1S/C22H26N2O3.3C2H6.C2H2/c1-6-9-16-12-17(13-21(26-4)22(16)27-5)19-14-18(23-24-19)10-11-20(25)15(7-2)8-3;4*1-2/h7-8,10-14H,2,6,9H2,1,3-5H3,(H,23,24);3*1-2H3;1-2H/b11-10+,15-8+;;;;. The van der Waals surface area contributed by atoms with Crippen LogP contribution in [0.1, 0.15) is 73.1 Å². The largest absolute Gasteiger partial charge is 0.493 e. The fourth-order valence-corrected chi connectivity index (χ4v) is 2.84. The molecule has 0 bridgehead atoms. The number of carbonyl (C=O) groups is 1. The zero-order valence-electron chi connectivity index (χ0n) is 23.5. The maximum absolute atomic E-state index is 12.0. The van der Waals surface area contributed by atoms with Crippen LogP contribution in [0.15, 0.2) is 48.6 Å². The highest BCUT2D eigenvalue weighted by Gasteiger charge is 2.14. The number of hydrogen-bond donors (Lipinski definition) is 1. The lowest BCUT2D eigenvalue weighted by Crippen LogP contribution is -1.97. The maximum Gasteiger partial charge on any atom is 0.185 e. The molecule has 0 spiro atoms. The predicted molar refractivity (Wildman–Crippen MR) is 153 cm³/mol. The van der Waals surface area contributed by atoms with Gasteiger partial charge in [0.15, 0.2) is 17.3 Å². The minimum Gasteiger partial charge on any atom is -0.493 e. The molecule has 194 valence electrons. The van der Waals surface area contributed by atoms with E-state index in [1.807, 2.05) is 60.6 Å². The number of hydrogen-bond acceptors (Lipinski definition) is 4. The monoisotopic (exact) mass is 482 g/mol. The van der Waals surface area contributed by atoms with E-state index in [2.05, 4.69) is 42.6 Å². The molecule has 0 atom stereocenters. The minimum absolute atomic E-state index is 0.0972. The van der Waals surface area contributed by atoms with Crippen LogP contribution >= 0.6 is 0 Å². The minimum atomic E-state index is -0.0972. The molecule has 0 aliphatic carbocycles. The van der Waals surface area contributed by atoms with Gasteiger partial charge in [0.1, 0.15) is 0 Å². The molecule has 5 nitrogen and oxygen atoms in total. The van der Waals surface area contributed by atoms with Crippen LogP contribution in [0.2, 0.25) is 0 Å². The van der Waals surface area contributed by atoms with Crippen molar-refractivity contribution in [3.63, 3.8) is 0 Å². The van der Waals surface area contributed by atoms with Crippen molar-refractivity contribution >= 4 is 11.9 Å². The Kier molecular flexibility index (Phi) is 24.3. The van der Waals surface area contributed by atoms with Crippen LogP contribution in [0, 0.1) is 12.8 Å². The lowest BCUT2D eigenvalue weighted by molar-refractivity contribution is -0.111. The average Bonchev–Trinajstić information content (AvgIpc) is 3.41. The third-order valence-corrected chi connectivity index (χ3v) is 4.20. The molecule has 2 rings (SSSR count). The van der Waals surface area contributed by atoms with Gasteiger partial charge in [-0.3, -0.25) is 9.89 Å². The Labute approximate surface area is 214 Å². The smallest absolute Gasteiger partial charge is 0.185 e. The molecule has 1 aromatic carbocycles. The van der Waals surface area contributed by atoms with Crippen molar-refractivity contribution in [3.05, 3.63) is 59.8 Å². The molecule has 0 unspecified atom stereocenters. The molecular formula is C30H46N2O3. The number of aryl methyl sites for hydroxylation is 1. The summed E-state index contributed by atoms with van der Waals surface area (Å²) in [5.41, 5.74) is 4.09. The molecule has 1 heterocycles. The highest BCUT2D eigenvalue weighted by molar-refractivity contribution is 6.08. The quantitative estimate of drug-likeness (QED) is 0.223. The molecule has 0 amide bonds. The molecule has 0 saturated carbocycles. The van der Waals surface area contributed by atoms with Gasteiger partial charge in [-0.1, -0.05) is 73.6 Å². The summed E-state index contributed by atoms with van der Waals surface area (Å²) in [6.45, 7) is 19.6. The molecule has 35 heavy (non-hydrogen) atoms. The van der Waals surface area contributed by atoms with E-state index in [9.17, 15) is 4.79 Å². The first kappa shape index (κ1) is 36.1. The Morgan fingerprint density at radius 3 is 2.11 bits per heavy atom. The van der Waals surface area contributed by atoms with E-state index in [1.54, 1.807) is 32.4 Å². The zero-order chi connectivity index (χ0) is 27.8. The number of carbonyl (C=O) groups excluding carboxylic acids is 1. The van der Waals surface area contributed by atoms with E-state index >= 15 is 0 Å². The number of H-pyrrole nitrogens is 1. The maximum atomic E-state index is 12.0. The molecule has 0 fully saturated rings. The van der Waals surface area contributed by atoms with Crippen LogP contribution in [0.5, 0.6) is 11.5 Å². The van der Waals surface area contributed by atoms with Gasteiger partial charge in [0.2, 0.25) is 0 Å². The number of methoxy groups -OCH3 is 2. The van der Waals surface area contributed by atoms with Gasteiger partial charge in [0.05, 0.1) is 25.6 Å². The van der Waals surface area contributed by atoms with Crippen molar-refractivity contribution in [3.8, 4) is 35.6 Å². The van der Waals surface area contributed by atoms with Gasteiger partial charge < -0.3 is 9.47 Å². The fraction of sp³-hybridized carbons (Fsp3) is 0.400. The van der Waals surface area contributed by atoms with Gasteiger partial charge in [-0.25, -0.2) is 0 Å². The van der Waals surface area contributed by atoms with Crippen molar-refractivity contribution in [1.82, 2.24) is 10.2 Å². The highest BCUT2D eigenvalue weighted by Crippen LogP contribution is 2.36. The predicted octanol–water partition coefficient (Wildman–Crippen LogP) is 8.09. The number of allylic oxidation sites excluding steroid dienone is 4.